The van der Waals surface area contributed by atoms with E-state index in [1.165, 1.54) is 31.2 Å². The molecule has 0 aliphatic heterocycles. The number of nitrogens with one attached hydrogen (secondary N) is 1. The quantitative estimate of drug-likeness (QED) is 0.772. The molecule has 1 fully saturated rings. The Morgan fingerprint density at radius 3 is 2.53 bits per heavy atom. The van der Waals surface area contributed by atoms with Crippen molar-refractivity contribution < 1.29 is 4.74 Å². The van der Waals surface area contributed by atoms with Gasteiger partial charge in [-0.3, -0.25) is 0 Å². The summed E-state index contributed by atoms with van der Waals surface area (Å²) in [6.45, 7) is 3.23. The van der Waals surface area contributed by atoms with E-state index in [0.29, 0.717) is 6.04 Å². The van der Waals surface area contributed by atoms with Gasteiger partial charge in [0.2, 0.25) is 0 Å². The van der Waals surface area contributed by atoms with Crippen LogP contribution < -0.4 is 5.32 Å². The smallest absolute Gasteiger partial charge is 0.0693 e. The van der Waals surface area contributed by atoms with Crippen LogP contribution in [0, 0.1) is 0 Å². The molecular weight excluding hydrogens is 234 g/mol. The Balaban J connectivity index is 1.85. The third kappa shape index (κ3) is 4.05. The lowest BCUT2D eigenvalue weighted by atomic mass is 9.75. The van der Waals surface area contributed by atoms with Gasteiger partial charge < -0.3 is 10.1 Å². The van der Waals surface area contributed by atoms with Gasteiger partial charge in [0.15, 0.2) is 0 Å². The lowest BCUT2D eigenvalue weighted by Crippen LogP contribution is -2.46. The monoisotopic (exact) mass is 261 g/mol. The third-order valence-corrected chi connectivity index (χ3v) is 4.43. The summed E-state index contributed by atoms with van der Waals surface area (Å²) in [7, 11) is 1.87. The van der Waals surface area contributed by atoms with E-state index in [1.54, 1.807) is 0 Å². The van der Waals surface area contributed by atoms with Crippen LogP contribution in [0.3, 0.4) is 0 Å². The van der Waals surface area contributed by atoms with E-state index >= 15 is 0 Å². The first-order valence-corrected chi connectivity index (χ1v) is 7.60. The molecule has 2 nitrogen and oxygen atoms in total. The first kappa shape index (κ1) is 14.5. The Hall–Kier alpha value is -0.860. The van der Waals surface area contributed by atoms with E-state index in [-0.39, 0.29) is 5.60 Å². The molecule has 1 unspecified atom stereocenters. The summed E-state index contributed by atoms with van der Waals surface area (Å²) in [5.74, 6) is 0. The van der Waals surface area contributed by atoms with Gasteiger partial charge >= 0.3 is 0 Å². The summed E-state index contributed by atoms with van der Waals surface area (Å²) in [6.07, 6.45) is 7.30. The van der Waals surface area contributed by atoms with Gasteiger partial charge in [0.1, 0.15) is 0 Å². The summed E-state index contributed by atoms with van der Waals surface area (Å²) < 4.78 is 5.76. The van der Waals surface area contributed by atoms with Crippen LogP contribution in [0.25, 0.3) is 0 Å². The number of rotatable bonds is 8. The molecule has 1 aromatic carbocycles. The maximum atomic E-state index is 5.76. The van der Waals surface area contributed by atoms with Crippen molar-refractivity contribution in [2.45, 2.75) is 57.1 Å². The van der Waals surface area contributed by atoms with Gasteiger partial charge in [0, 0.05) is 13.2 Å². The first-order valence-electron chi connectivity index (χ1n) is 7.60. The molecule has 0 bridgehead atoms. The van der Waals surface area contributed by atoms with Gasteiger partial charge in [0.05, 0.1) is 5.60 Å². The number of aryl methyl sites for hydroxylation is 1. The number of ether oxygens (including phenoxy) is 1. The molecule has 0 amide bonds. The van der Waals surface area contributed by atoms with Crippen LogP contribution in [0.2, 0.25) is 0 Å². The molecule has 1 aromatic rings. The zero-order valence-electron chi connectivity index (χ0n) is 12.3. The molecule has 106 valence electrons. The summed E-state index contributed by atoms with van der Waals surface area (Å²) in [6, 6.07) is 11.3. The molecule has 0 radical (unpaired) electrons. The Bertz CT molecular complexity index is 353. The second-order valence-corrected chi connectivity index (χ2v) is 5.72. The Morgan fingerprint density at radius 2 is 2.00 bits per heavy atom. The third-order valence-electron chi connectivity index (χ3n) is 4.43. The number of hydrogen-bond acceptors (Lipinski definition) is 2. The molecule has 1 aliphatic rings. The molecule has 1 aliphatic carbocycles. The van der Waals surface area contributed by atoms with E-state index in [2.05, 4.69) is 42.6 Å². The number of benzene rings is 1. The Labute approximate surface area is 117 Å². The maximum absolute atomic E-state index is 5.76. The van der Waals surface area contributed by atoms with Crippen LogP contribution in [0.1, 0.15) is 44.6 Å². The molecule has 1 atom stereocenters. The predicted molar refractivity (Wildman–Crippen MR) is 80.4 cm³/mol. The highest BCUT2D eigenvalue weighted by molar-refractivity contribution is 5.14. The number of hydrogen-bond donors (Lipinski definition) is 1. The average molecular weight is 261 g/mol. The standard InChI is InChI=1S/C17H27NO/c1-3-18-16(14-17(19-2)12-7-13-17)11-10-15-8-5-4-6-9-15/h4-6,8-9,16,18H,3,7,10-14H2,1-2H3. The largest absolute Gasteiger partial charge is 0.378 e. The van der Waals surface area contributed by atoms with Crippen LogP contribution in [0.5, 0.6) is 0 Å². The zero-order chi connectivity index (χ0) is 13.6. The molecule has 1 saturated carbocycles. The SMILES string of the molecule is CCNC(CCc1ccccc1)CC1(OC)CCC1. The summed E-state index contributed by atoms with van der Waals surface area (Å²) in [5, 5.41) is 3.63. The molecule has 2 heteroatoms. The van der Waals surface area contributed by atoms with E-state index in [1.807, 2.05) is 7.11 Å². The van der Waals surface area contributed by atoms with Crippen LogP contribution in [0.15, 0.2) is 30.3 Å². The van der Waals surface area contributed by atoms with E-state index < -0.39 is 0 Å². The second kappa shape index (κ2) is 7.06. The maximum Gasteiger partial charge on any atom is 0.0693 e. The minimum atomic E-state index is 0.170. The van der Waals surface area contributed by atoms with Crippen molar-refractivity contribution in [3.63, 3.8) is 0 Å². The normalized spacial score (nSPS) is 18.8. The van der Waals surface area contributed by atoms with Gasteiger partial charge in [-0.2, -0.15) is 0 Å². The van der Waals surface area contributed by atoms with Crippen molar-refractivity contribution in [1.82, 2.24) is 5.32 Å². The van der Waals surface area contributed by atoms with Gasteiger partial charge in [-0.25, -0.2) is 0 Å². The van der Waals surface area contributed by atoms with Crippen molar-refractivity contribution in [3.8, 4) is 0 Å². The zero-order valence-corrected chi connectivity index (χ0v) is 12.3. The summed E-state index contributed by atoms with van der Waals surface area (Å²) >= 11 is 0. The average Bonchev–Trinajstić information content (AvgIpc) is 2.41. The van der Waals surface area contributed by atoms with Gasteiger partial charge in [-0.15, -0.1) is 0 Å². The fourth-order valence-corrected chi connectivity index (χ4v) is 3.06. The lowest BCUT2D eigenvalue weighted by Gasteiger charge is -2.43. The van der Waals surface area contributed by atoms with Crippen LogP contribution in [-0.2, 0) is 11.2 Å². The Morgan fingerprint density at radius 1 is 1.26 bits per heavy atom. The molecule has 0 spiro atoms. The van der Waals surface area contributed by atoms with Crippen molar-refractivity contribution in [2.24, 2.45) is 0 Å². The number of methoxy groups -OCH3 is 1. The van der Waals surface area contributed by atoms with Crippen molar-refractivity contribution in [2.75, 3.05) is 13.7 Å². The molecule has 2 rings (SSSR count). The molecule has 0 heterocycles. The van der Waals surface area contributed by atoms with E-state index in [9.17, 15) is 0 Å². The molecule has 1 N–H and O–H groups in total. The minimum Gasteiger partial charge on any atom is -0.378 e. The van der Waals surface area contributed by atoms with Gasteiger partial charge in [-0.05, 0) is 50.6 Å². The highest BCUT2D eigenvalue weighted by atomic mass is 16.5. The van der Waals surface area contributed by atoms with Crippen LogP contribution in [0.4, 0.5) is 0 Å². The lowest BCUT2D eigenvalue weighted by molar-refractivity contribution is -0.0837. The Kier molecular flexibility index (Phi) is 5.41. The minimum absolute atomic E-state index is 0.170. The van der Waals surface area contributed by atoms with E-state index in [0.717, 1.165) is 19.4 Å². The van der Waals surface area contributed by atoms with Gasteiger partial charge in [0.25, 0.3) is 0 Å². The van der Waals surface area contributed by atoms with Crippen LogP contribution >= 0.6 is 0 Å². The second-order valence-electron chi connectivity index (χ2n) is 5.72. The first-order chi connectivity index (χ1) is 9.28. The van der Waals surface area contributed by atoms with Crippen molar-refractivity contribution >= 4 is 0 Å². The summed E-state index contributed by atoms with van der Waals surface area (Å²) in [5.41, 5.74) is 1.61. The summed E-state index contributed by atoms with van der Waals surface area (Å²) in [4.78, 5) is 0. The van der Waals surface area contributed by atoms with Gasteiger partial charge in [-0.1, -0.05) is 37.3 Å². The molecule has 19 heavy (non-hydrogen) atoms. The highest BCUT2D eigenvalue weighted by Crippen LogP contribution is 2.39. The van der Waals surface area contributed by atoms with Crippen molar-refractivity contribution in [3.05, 3.63) is 35.9 Å². The topological polar surface area (TPSA) is 21.3 Å². The fraction of sp³-hybridized carbons (Fsp3) is 0.647. The highest BCUT2D eigenvalue weighted by Gasteiger charge is 2.38. The molecular formula is C17H27NO. The van der Waals surface area contributed by atoms with Crippen molar-refractivity contribution in [1.29, 1.82) is 0 Å². The molecule has 0 saturated heterocycles. The van der Waals surface area contributed by atoms with E-state index in [4.69, 9.17) is 4.74 Å². The van der Waals surface area contributed by atoms with Crippen LogP contribution in [-0.4, -0.2) is 25.3 Å². The molecule has 0 aromatic heterocycles. The predicted octanol–water partition coefficient (Wildman–Crippen LogP) is 3.56. The fourth-order valence-electron chi connectivity index (χ4n) is 3.06.